The normalized spacial score (nSPS) is 15.5. The molecule has 7 nitrogen and oxygen atoms in total. The van der Waals surface area contributed by atoms with Gasteiger partial charge in [0.25, 0.3) is 0 Å². The van der Waals surface area contributed by atoms with Gasteiger partial charge in [0.2, 0.25) is 0 Å². The van der Waals surface area contributed by atoms with Gasteiger partial charge in [-0.2, -0.15) is 10.2 Å². The molecule has 4 heterocycles. The summed E-state index contributed by atoms with van der Waals surface area (Å²) in [7, 11) is 0. The van der Waals surface area contributed by atoms with Crippen LogP contribution in [0.15, 0.2) is 42.9 Å². The molecule has 0 atom stereocenters. The number of aromatic nitrogens is 5. The SMILES string of the molecule is Cc1cc(-c2[nH]nc(-c3ccc(N4CCN(CC(C)(C)C)CC4)cc3)c2C(C)C)cn2ncnc12. The van der Waals surface area contributed by atoms with Crippen molar-refractivity contribution in [3.63, 3.8) is 0 Å². The summed E-state index contributed by atoms with van der Waals surface area (Å²) in [5.74, 6) is 0.320. The molecule has 0 radical (unpaired) electrons. The minimum Gasteiger partial charge on any atom is -0.369 e. The molecule has 5 rings (SSSR count). The first-order valence-corrected chi connectivity index (χ1v) is 12.7. The first kappa shape index (κ1) is 23.5. The van der Waals surface area contributed by atoms with E-state index in [4.69, 9.17) is 5.10 Å². The number of anilines is 1. The van der Waals surface area contributed by atoms with Crippen molar-refractivity contribution in [3.05, 3.63) is 54.0 Å². The van der Waals surface area contributed by atoms with Crippen LogP contribution in [0.5, 0.6) is 0 Å². The second-order valence-electron chi connectivity index (χ2n) is 11.3. The van der Waals surface area contributed by atoms with Crippen LogP contribution in [-0.4, -0.2) is 62.4 Å². The number of benzene rings is 1. The average molecular weight is 472 g/mol. The third-order valence-corrected chi connectivity index (χ3v) is 6.81. The Balaban J connectivity index is 1.38. The number of fused-ring (bicyclic) bond motifs is 1. The predicted molar refractivity (Wildman–Crippen MR) is 143 cm³/mol. The van der Waals surface area contributed by atoms with Gasteiger partial charge in [0.1, 0.15) is 6.33 Å². The molecule has 0 saturated carbocycles. The van der Waals surface area contributed by atoms with E-state index in [0.717, 1.165) is 66.4 Å². The largest absolute Gasteiger partial charge is 0.369 e. The molecule has 0 unspecified atom stereocenters. The maximum Gasteiger partial charge on any atom is 0.158 e. The monoisotopic (exact) mass is 471 g/mol. The first-order valence-electron chi connectivity index (χ1n) is 12.7. The van der Waals surface area contributed by atoms with Crippen molar-refractivity contribution in [2.75, 3.05) is 37.6 Å². The Hall–Kier alpha value is -3.19. The number of hydrogen-bond acceptors (Lipinski definition) is 5. The highest BCUT2D eigenvalue weighted by Crippen LogP contribution is 2.36. The van der Waals surface area contributed by atoms with E-state index in [1.54, 1.807) is 6.33 Å². The highest BCUT2D eigenvalue weighted by atomic mass is 15.3. The third-order valence-electron chi connectivity index (χ3n) is 6.81. The van der Waals surface area contributed by atoms with Gasteiger partial charge in [-0.3, -0.25) is 10.00 Å². The number of rotatable bonds is 5. The molecule has 3 aromatic heterocycles. The Kier molecular flexibility index (Phi) is 6.13. The molecular formula is C28H37N7. The van der Waals surface area contributed by atoms with Gasteiger partial charge in [0, 0.05) is 61.3 Å². The number of H-pyrrole nitrogens is 1. The molecule has 184 valence electrons. The van der Waals surface area contributed by atoms with Crippen LogP contribution >= 0.6 is 0 Å². The number of nitrogens with one attached hydrogen (secondary N) is 1. The summed E-state index contributed by atoms with van der Waals surface area (Å²) >= 11 is 0. The van der Waals surface area contributed by atoms with Gasteiger partial charge in [-0.05, 0) is 42.0 Å². The summed E-state index contributed by atoms with van der Waals surface area (Å²) in [5, 5.41) is 12.5. The van der Waals surface area contributed by atoms with Crippen molar-refractivity contribution in [2.45, 2.75) is 47.5 Å². The van der Waals surface area contributed by atoms with E-state index in [0.29, 0.717) is 11.3 Å². The molecular weight excluding hydrogens is 434 g/mol. The molecule has 1 fully saturated rings. The van der Waals surface area contributed by atoms with E-state index in [1.165, 1.54) is 11.3 Å². The summed E-state index contributed by atoms with van der Waals surface area (Å²) in [6, 6.07) is 11.1. The van der Waals surface area contributed by atoms with Crippen molar-refractivity contribution in [1.82, 2.24) is 29.7 Å². The molecule has 35 heavy (non-hydrogen) atoms. The zero-order valence-corrected chi connectivity index (χ0v) is 21.8. The lowest BCUT2D eigenvalue weighted by molar-refractivity contribution is 0.182. The lowest BCUT2D eigenvalue weighted by Crippen LogP contribution is -2.48. The average Bonchev–Trinajstić information content (AvgIpc) is 3.46. The van der Waals surface area contributed by atoms with Crippen LogP contribution in [-0.2, 0) is 0 Å². The molecule has 1 aliphatic rings. The number of aromatic amines is 1. The van der Waals surface area contributed by atoms with Crippen LogP contribution < -0.4 is 4.90 Å². The van der Waals surface area contributed by atoms with Gasteiger partial charge in [0.05, 0.1) is 11.4 Å². The van der Waals surface area contributed by atoms with Crippen molar-refractivity contribution >= 4 is 11.3 Å². The van der Waals surface area contributed by atoms with Crippen LogP contribution in [0.1, 0.15) is 51.7 Å². The molecule has 0 amide bonds. The molecule has 1 N–H and O–H groups in total. The second-order valence-corrected chi connectivity index (χ2v) is 11.3. The van der Waals surface area contributed by atoms with E-state index in [-0.39, 0.29) is 0 Å². The van der Waals surface area contributed by atoms with Gasteiger partial charge in [-0.1, -0.05) is 46.8 Å². The quantitative estimate of drug-likeness (QED) is 0.423. The van der Waals surface area contributed by atoms with E-state index in [2.05, 4.69) is 96.9 Å². The smallest absolute Gasteiger partial charge is 0.158 e. The van der Waals surface area contributed by atoms with E-state index < -0.39 is 0 Å². The van der Waals surface area contributed by atoms with Crippen molar-refractivity contribution < 1.29 is 0 Å². The maximum atomic E-state index is 4.78. The fourth-order valence-electron chi connectivity index (χ4n) is 5.25. The molecule has 0 aliphatic carbocycles. The number of aryl methyl sites for hydroxylation is 1. The van der Waals surface area contributed by atoms with Crippen LogP contribution in [0, 0.1) is 12.3 Å². The number of hydrogen-bond donors (Lipinski definition) is 1. The lowest BCUT2D eigenvalue weighted by atomic mass is 9.94. The van der Waals surface area contributed by atoms with Crippen molar-refractivity contribution in [1.29, 1.82) is 0 Å². The fraction of sp³-hybridized carbons (Fsp3) is 0.464. The van der Waals surface area contributed by atoms with Crippen LogP contribution in [0.3, 0.4) is 0 Å². The molecule has 1 aliphatic heterocycles. The Labute approximate surface area is 208 Å². The van der Waals surface area contributed by atoms with Gasteiger partial charge in [0.15, 0.2) is 5.65 Å². The molecule has 7 heteroatoms. The topological polar surface area (TPSA) is 65.4 Å². The zero-order chi connectivity index (χ0) is 24.7. The lowest BCUT2D eigenvalue weighted by Gasteiger charge is -2.38. The van der Waals surface area contributed by atoms with Gasteiger partial charge < -0.3 is 4.90 Å². The Morgan fingerprint density at radius 2 is 1.71 bits per heavy atom. The molecule has 0 bridgehead atoms. The van der Waals surface area contributed by atoms with Gasteiger partial charge in [-0.15, -0.1) is 0 Å². The molecule has 1 aromatic carbocycles. The molecule has 1 saturated heterocycles. The fourth-order valence-corrected chi connectivity index (χ4v) is 5.25. The Bertz CT molecular complexity index is 1300. The van der Waals surface area contributed by atoms with E-state index in [9.17, 15) is 0 Å². The predicted octanol–water partition coefficient (Wildman–Crippen LogP) is 5.39. The molecule has 4 aromatic rings. The highest BCUT2D eigenvalue weighted by molar-refractivity contribution is 5.76. The number of nitrogens with zero attached hydrogens (tertiary/aromatic N) is 6. The maximum absolute atomic E-state index is 4.78. The number of piperazine rings is 1. The number of pyridine rings is 1. The first-order chi connectivity index (χ1) is 16.7. The van der Waals surface area contributed by atoms with Crippen LogP contribution in [0.2, 0.25) is 0 Å². The minimum absolute atomic E-state index is 0.320. The highest BCUT2D eigenvalue weighted by Gasteiger charge is 2.23. The van der Waals surface area contributed by atoms with E-state index >= 15 is 0 Å². The third kappa shape index (κ3) is 4.82. The minimum atomic E-state index is 0.320. The summed E-state index contributed by atoms with van der Waals surface area (Å²) in [5.41, 5.74) is 9.14. The standard InChI is InChI=1S/C28H37N7/c1-19(2)24-25(31-32-26(24)22-15-20(3)27-29-18-30-35(27)16-22)21-7-9-23(10-8-21)34-13-11-33(12-14-34)17-28(4,5)6/h7-10,15-16,18-19H,11-14,17H2,1-6H3,(H,31,32). The summed E-state index contributed by atoms with van der Waals surface area (Å²) < 4.78 is 1.84. The van der Waals surface area contributed by atoms with Gasteiger partial charge in [-0.25, -0.2) is 9.50 Å². The van der Waals surface area contributed by atoms with E-state index in [1.807, 2.05) is 10.7 Å². The van der Waals surface area contributed by atoms with Crippen LogP contribution in [0.4, 0.5) is 5.69 Å². The summed E-state index contributed by atoms with van der Waals surface area (Å²) in [6.07, 6.45) is 3.63. The second kappa shape index (κ2) is 9.11. The summed E-state index contributed by atoms with van der Waals surface area (Å²) in [4.78, 5) is 9.43. The Morgan fingerprint density at radius 1 is 1.00 bits per heavy atom. The summed E-state index contributed by atoms with van der Waals surface area (Å²) in [6.45, 7) is 19.0. The van der Waals surface area contributed by atoms with Crippen LogP contribution in [0.25, 0.3) is 28.2 Å². The van der Waals surface area contributed by atoms with Crippen molar-refractivity contribution in [3.8, 4) is 22.5 Å². The van der Waals surface area contributed by atoms with Gasteiger partial charge >= 0.3 is 0 Å². The molecule has 0 spiro atoms. The zero-order valence-electron chi connectivity index (χ0n) is 21.8. The Morgan fingerprint density at radius 3 is 2.37 bits per heavy atom. The van der Waals surface area contributed by atoms with Crippen molar-refractivity contribution in [2.24, 2.45) is 5.41 Å².